The summed E-state index contributed by atoms with van der Waals surface area (Å²) in [5, 5.41) is 23.8. The monoisotopic (exact) mass is 298 g/mol. The standard InChI is InChI=1S/C13H22N4O4/c1-9(18)8-16-2-4-17(5-3-16)13(21)15-10-6-11(12(19)20)14-7-10/h10-11,14,18H,1-8H2,(H,15,21)(H,19,20)/t10-,11-/m0/s1. The molecular weight excluding hydrogens is 276 g/mol. The molecule has 2 aliphatic rings. The van der Waals surface area contributed by atoms with Gasteiger partial charge in [-0.3, -0.25) is 9.69 Å². The third-order valence-corrected chi connectivity index (χ3v) is 3.82. The molecule has 2 atom stereocenters. The average molecular weight is 298 g/mol. The highest BCUT2D eigenvalue weighted by Crippen LogP contribution is 2.09. The van der Waals surface area contributed by atoms with Crippen LogP contribution in [0.3, 0.4) is 0 Å². The van der Waals surface area contributed by atoms with E-state index in [2.05, 4.69) is 17.2 Å². The maximum Gasteiger partial charge on any atom is 0.320 e. The van der Waals surface area contributed by atoms with E-state index in [9.17, 15) is 9.59 Å². The van der Waals surface area contributed by atoms with Crippen LogP contribution in [-0.4, -0.2) is 83.4 Å². The summed E-state index contributed by atoms with van der Waals surface area (Å²) in [4.78, 5) is 26.7. The molecule has 2 rings (SSSR count). The molecule has 0 spiro atoms. The van der Waals surface area contributed by atoms with Crippen LogP contribution in [0.25, 0.3) is 0 Å². The van der Waals surface area contributed by atoms with Gasteiger partial charge in [0.15, 0.2) is 0 Å². The molecule has 0 aromatic rings. The van der Waals surface area contributed by atoms with E-state index in [-0.39, 0.29) is 17.8 Å². The van der Waals surface area contributed by atoms with Gasteiger partial charge in [-0.25, -0.2) is 4.79 Å². The highest BCUT2D eigenvalue weighted by atomic mass is 16.4. The second-order valence-electron chi connectivity index (χ2n) is 5.51. The molecule has 2 aliphatic heterocycles. The molecule has 8 heteroatoms. The van der Waals surface area contributed by atoms with Crippen LogP contribution < -0.4 is 10.6 Å². The fraction of sp³-hybridized carbons (Fsp3) is 0.692. The van der Waals surface area contributed by atoms with Gasteiger partial charge in [0.1, 0.15) is 6.04 Å². The number of amides is 2. The third kappa shape index (κ3) is 4.33. The Balaban J connectivity index is 1.73. The fourth-order valence-corrected chi connectivity index (χ4v) is 2.67. The molecule has 0 unspecified atom stereocenters. The average Bonchev–Trinajstić information content (AvgIpc) is 2.87. The molecule has 0 bridgehead atoms. The summed E-state index contributed by atoms with van der Waals surface area (Å²) in [6.07, 6.45) is 0.408. The number of piperazine rings is 1. The number of aliphatic hydroxyl groups excluding tert-OH is 1. The number of aliphatic hydroxyl groups is 1. The van der Waals surface area contributed by atoms with Crippen LogP contribution in [0, 0.1) is 0 Å². The SMILES string of the molecule is C=C(O)CN1CCN(C(=O)N[C@@H]2CN[C@H](C(=O)O)C2)CC1. The fourth-order valence-electron chi connectivity index (χ4n) is 2.67. The van der Waals surface area contributed by atoms with E-state index in [1.807, 2.05) is 4.90 Å². The first-order valence-corrected chi connectivity index (χ1v) is 7.06. The van der Waals surface area contributed by atoms with Crippen LogP contribution in [0.15, 0.2) is 12.3 Å². The Morgan fingerprint density at radius 2 is 1.90 bits per heavy atom. The van der Waals surface area contributed by atoms with Gasteiger partial charge >= 0.3 is 12.0 Å². The van der Waals surface area contributed by atoms with Crippen molar-refractivity contribution in [2.24, 2.45) is 0 Å². The first-order chi connectivity index (χ1) is 9.95. The van der Waals surface area contributed by atoms with Crippen LogP contribution in [-0.2, 0) is 4.79 Å². The molecule has 4 N–H and O–H groups in total. The predicted octanol–water partition coefficient (Wildman–Crippen LogP) is -0.800. The molecule has 2 fully saturated rings. The van der Waals surface area contributed by atoms with Crippen molar-refractivity contribution in [3.8, 4) is 0 Å². The zero-order chi connectivity index (χ0) is 15.4. The number of carboxylic acids is 1. The Morgan fingerprint density at radius 1 is 1.24 bits per heavy atom. The number of nitrogens with one attached hydrogen (secondary N) is 2. The summed E-state index contributed by atoms with van der Waals surface area (Å²) in [5.74, 6) is -0.755. The number of hydrogen-bond donors (Lipinski definition) is 4. The molecule has 21 heavy (non-hydrogen) atoms. The minimum absolute atomic E-state index is 0.129. The minimum Gasteiger partial charge on any atom is -0.512 e. The van der Waals surface area contributed by atoms with Crippen LogP contribution in [0.1, 0.15) is 6.42 Å². The van der Waals surface area contributed by atoms with E-state index >= 15 is 0 Å². The van der Waals surface area contributed by atoms with Crippen molar-refractivity contribution in [1.82, 2.24) is 20.4 Å². The van der Waals surface area contributed by atoms with Gasteiger partial charge in [-0.1, -0.05) is 6.58 Å². The molecule has 0 radical (unpaired) electrons. The number of aliphatic carboxylic acids is 1. The van der Waals surface area contributed by atoms with E-state index in [1.165, 1.54) is 0 Å². The first-order valence-electron chi connectivity index (χ1n) is 7.06. The van der Waals surface area contributed by atoms with Gasteiger partial charge in [0.05, 0.1) is 12.3 Å². The Kier molecular flexibility index (Phi) is 5.03. The van der Waals surface area contributed by atoms with E-state index in [4.69, 9.17) is 10.2 Å². The summed E-state index contributed by atoms with van der Waals surface area (Å²) >= 11 is 0. The topological polar surface area (TPSA) is 105 Å². The second kappa shape index (κ2) is 6.77. The molecule has 0 aromatic heterocycles. The van der Waals surface area contributed by atoms with Crippen molar-refractivity contribution < 1.29 is 19.8 Å². The largest absolute Gasteiger partial charge is 0.512 e. The lowest BCUT2D eigenvalue weighted by Gasteiger charge is -2.34. The van der Waals surface area contributed by atoms with Crippen LogP contribution in [0.2, 0.25) is 0 Å². The molecular formula is C13H22N4O4. The van der Waals surface area contributed by atoms with Gasteiger partial charge in [0.25, 0.3) is 0 Å². The van der Waals surface area contributed by atoms with Gasteiger partial charge in [0.2, 0.25) is 0 Å². The zero-order valence-corrected chi connectivity index (χ0v) is 11.9. The summed E-state index contributed by atoms with van der Waals surface area (Å²) in [5.41, 5.74) is 0. The molecule has 2 heterocycles. The summed E-state index contributed by atoms with van der Waals surface area (Å²) in [6.45, 7) is 6.92. The van der Waals surface area contributed by atoms with Gasteiger partial charge in [-0.15, -0.1) is 0 Å². The van der Waals surface area contributed by atoms with E-state index in [0.29, 0.717) is 45.7 Å². The summed E-state index contributed by atoms with van der Waals surface area (Å²) < 4.78 is 0. The predicted molar refractivity (Wildman–Crippen MR) is 76.1 cm³/mol. The second-order valence-corrected chi connectivity index (χ2v) is 5.51. The van der Waals surface area contributed by atoms with Crippen molar-refractivity contribution in [2.45, 2.75) is 18.5 Å². The van der Waals surface area contributed by atoms with E-state index in [0.717, 1.165) is 0 Å². The number of carbonyl (C=O) groups excluding carboxylic acids is 1. The summed E-state index contributed by atoms with van der Waals surface area (Å²) in [6, 6.07) is -0.883. The Bertz CT molecular complexity index is 420. The molecule has 2 saturated heterocycles. The quantitative estimate of drug-likeness (QED) is 0.507. The Morgan fingerprint density at radius 3 is 2.43 bits per heavy atom. The maximum atomic E-state index is 12.1. The molecule has 0 saturated carbocycles. The van der Waals surface area contributed by atoms with E-state index in [1.54, 1.807) is 4.90 Å². The molecule has 0 aliphatic carbocycles. The number of carboxylic acid groups (broad SMARTS) is 1. The van der Waals surface area contributed by atoms with Gasteiger partial charge < -0.3 is 25.7 Å². The van der Waals surface area contributed by atoms with Crippen molar-refractivity contribution in [2.75, 3.05) is 39.3 Å². The van der Waals surface area contributed by atoms with Gasteiger partial charge in [-0.2, -0.15) is 0 Å². The van der Waals surface area contributed by atoms with E-state index < -0.39 is 12.0 Å². The molecule has 0 aromatic carbocycles. The third-order valence-electron chi connectivity index (χ3n) is 3.82. The van der Waals surface area contributed by atoms with Gasteiger partial charge in [-0.05, 0) is 6.42 Å². The summed E-state index contributed by atoms with van der Waals surface area (Å²) in [7, 11) is 0. The van der Waals surface area contributed by atoms with Crippen molar-refractivity contribution in [3.05, 3.63) is 12.3 Å². The number of rotatable bonds is 4. The lowest BCUT2D eigenvalue weighted by molar-refractivity contribution is -0.139. The van der Waals surface area contributed by atoms with Crippen LogP contribution in [0.4, 0.5) is 4.79 Å². The molecule has 8 nitrogen and oxygen atoms in total. The normalized spacial score (nSPS) is 26.6. The zero-order valence-electron chi connectivity index (χ0n) is 11.9. The van der Waals surface area contributed by atoms with Crippen LogP contribution >= 0.6 is 0 Å². The number of hydrogen-bond acceptors (Lipinski definition) is 5. The Hall–Kier alpha value is -1.80. The van der Waals surface area contributed by atoms with Crippen LogP contribution in [0.5, 0.6) is 0 Å². The number of carbonyl (C=O) groups is 2. The number of urea groups is 1. The first kappa shape index (κ1) is 15.6. The smallest absolute Gasteiger partial charge is 0.320 e. The van der Waals surface area contributed by atoms with Crippen molar-refractivity contribution >= 4 is 12.0 Å². The number of nitrogens with zero attached hydrogens (tertiary/aromatic N) is 2. The molecule has 118 valence electrons. The minimum atomic E-state index is -0.885. The maximum absolute atomic E-state index is 12.1. The lowest BCUT2D eigenvalue weighted by atomic mass is 10.2. The van der Waals surface area contributed by atoms with Crippen molar-refractivity contribution in [3.63, 3.8) is 0 Å². The molecule has 2 amide bonds. The highest BCUT2D eigenvalue weighted by molar-refractivity contribution is 5.76. The highest BCUT2D eigenvalue weighted by Gasteiger charge is 2.31. The van der Waals surface area contributed by atoms with Crippen molar-refractivity contribution in [1.29, 1.82) is 0 Å². The van der Waals surface area contributed by atoms with Gasteiger partial charge in [0, 0.05) is 38.8 Å². The lowest BCUT2D eigenvalue weighted by Crippen LogP contribution is -2.53. The Labute approximate surface area is 123 Å².